The highest BCUT2D eigenvalue weighted by molar-refractivity contribution is 7.99. The van der Waals surface area contributed by atoms with Crippen LogP contribution in [-0.4, -0.2) is 90.7 Å². The molecule has 1 aliphatic rings. The molecule has 6 rings (SSSR count). The Kier molecular flexibility index (Phi) is 9.16. The van der Waals surface area contributed by atoms with Gasteiger partial charge in [0.2, 0.25) is 0 Å². The van der Waals surface area contributed by atoms with E-state index in [-0.39, 0.29) is 22.9 Å². The van der Waals surface area contributed by atoms with Crippen LogP contribution in [-0.2, 0) is 11.3 Å². The molecule has 4 aromatic carbocycles. The third kappa shape index (κ3) is 6.03. The van der Waals surface area contributed by atoms with Crippen LogP contribution in [0, 0.1) is 0 Å². The molecule has 1 aromatic heterocycles. The van der Waals surface area contributed by atoms with Gasteiger partial charge in [0.15, 0.2) is 6.54 Å². The first kappa shape index (κ1) is 30.4. The Bertz CT molecular complexity index is 1710. The summed E-state index contributed by atoms with van der Waals surface area (Å²) in [7, 11) is 8.51. The fourth-order valence-corrected chi connectivity index (χ4v) is 7.03. The van der Waals surface area contributed by atoms with Crippen LogP contribution in [0.1, 0.15) is 6.42 Å². The van der Waals surface area contributed by atoms with Crippen molar-refractivity contribution in [2.45, 2.75) is 13.0 Å². The normalized spacial score (nSPS) is 14.0. The second kappa shape index (κ2) is 12.7. The molecule has 1 aliphatic heterocycles. The highest BCUT2D eigenvalue weighted by Gasteiger charge is 2.26. The van der Waals surface area contributed by atoms with Gasteiger partial charge in [-0.1, -0.05) is 48.5 Å². The van der Waals surface area contributed by atoms with Gasteiger partial charge in [0.1, 0.15) is 5.82 Å². The number of benzene rings is 4. The number of hydrogen-bond acceptors (Lipinski definition) is 4. The van der Waals surface area contributed by atoms with Gasteiger partial charge >= 0.3 is 0 Å². The molecule has 220 valence electrons. The molecule has 0 aliphatic carbocycles. The lowest BCUT2D eigenvalue weighted by Gasteiger charge is -2.33. The SMILES string of the molecule is CN(C)c1ccc(-c2nc3c4ccccc4c4ccccc4c3n2CCC[N+](C)(C)CC(=O)N2CCSCC2)cc1.[Br-]. The Balaban J connectivity index is 0.00000353. The third-order valence-electron chi connectivity index (χ3n) is 8.34. The summed E-state index contributed by atoms with van der Waals surface area (Å²) in [6.07, 6.45) is 0.950. The molecule has 0 bridgehead atoms. The van der Waals surface area contributed by atoms with Crippen LogP contribution in [0.15, 0.2) is 72.8 Å². The molecule has 0 unspecified atom stereocenters. The third-order valence-corrected chi connectivity index (χ3v) is 9.28. The summed E-state index contributed by atoms with van der Waals surface area (Å²) in [6.45, 7) is 4.04. The van der Waals surface area contributed by atoms with Crippen LogP contribution >= 0.6 is 11.8 Å². The molecule has 1 amide bonds. The molecule has 8 heteroatoms. The molecule has 0 saturated carbocycles. The Morgan fingerprint density at radius 3 is 2.12 bits per heavy atom. The smallest absolute Gasteiger partial charge is 0.277 e. The van der Waals surface area contributed by atoms with E-state index in [9.17, 15) is 4.79 Å². The number of fused-ring (bicyclic) bond motifs is 6. The van der Waals surface area contributed by atoms with Crippen molar-refractivity contribution >= 4 is 55.9 Å². The molecule has 0 radical (unpaired) electrons. The van der Waals surface area contributed by atoms with E-state index >= 15 is 0 Å². The molecule has 5 aromatic rings. The lowest BCUT2D eigenvalue weighted by atomic mass is 10.00. The van der Waals surface area contributed by atoms with Crippen LogP contribution in [0.2, 0.25) is 0 Å². The average molecular weight is 647 g/mol. The minimum atomic E-state index is 0. The van der Waals surface area contributed by atoms with Crippen molar-refractivity contribution in [2.75, 3.05) is 70.8 Å². The predicted octanol–water partition coefficient (Wildman–Crippen LogP) is 3.12. The number of aromatic nitrogens is 2. The number of rotatable bonds is 8. The van der Waals surface area contributed by atoms with Crippen molar-refractivity contribution in [3.05, 3.63) is 72.8 Å². The van der Waals surface area contributed by atoms with Gasteiger partial charge in [-0.2, -0.15) is 11.8 Å². The van der Waals surface area contributed by atoms with Crippen LogP contribution < -0.4 is 21.9 Å². The van der Waals surface area contributed by atoms with E-state index in [1.165, 1.54) is 32.7 Å². The van der Waals surface area contributed by atoms with Crippen LogP contribution in [0.25, 0.3) is 44.0 Å². The number of nitrogens with zero attached hydrogens (tertiary/aromatic N) is 5. The summed E-state index contributed by atoms with van der Waals surface area (Å²) in [5.74, 6) is 3.38. The lowest BCUT2D eigenvalue weighted by molar-refractivity contribution is -0.883. The number of carbonyl (C=O) groups is 1. The molecular weight excluding hydrogens is 606 g/mol. The minimum absolute atomic E-state index is 0. The van der Waals surface area contributed by atoms with E-state index in [4.69, 9.17) is 4.98 Å². The van der Waals surface area contributed by atoms with Crippen molar-refractivity contribution in [1.29, 1.82) is 0 Å². The quantitative estimate of drug-likeness (QED) is 0.192. The molecule has 2 heterocycles. The van der Waals surface area contributed by atoms with E-state index in [1.54, 1.807) is 0 Å². The Labute approximate surface area is 263 Å². The topological polar surface area (TPSA) is 41.4 Å². The number of amides is 1. The predicted molar refractivity (Wildman–Crippen MR) is 175 cm³/mol. The van der Waals surface area contributed by atoms with E-state index in [2.05, 4.69) is 110 Å². The van der Waals surface area contributed by atoms with Gasteiger partial charge in [0.25, 0.3) is 5.91 Å². The first-order valence-corrected chi connectivity index (χ1v) is 15.7. The molecule has 0 spiro atoms. The first-order valence-electron chi connectivity index (χ1n) is 14.6. The number of quaternary nitrogens is 1. The van der Waals surface area contributed by atoms with Gasteiger partial charge in [0, 0.05) is 73.7 Å². The van der Waals surface area contributed by atoms with Crippen LogP contribution in [0.4, 0.5) is 5.69 Å². The van der Waals surface area contributed by atoms with E-state index < -0.39 is 0 Å². The van der Waals surface area contributed by atoms with Gasteiger partial charge in [-0.3, -0.25) is 4.79 Å². The second-order valence-corrected chi connectivity index (χ2v) is 13.2. The molecule has 42 heavy (non-hydrogen) atoms. The van der Waals surface area contributed by atoms with Gasteiger partial charge in [-0.05, 0) is 35.0 Å². The van der Waals surface area contributed by atoms with Crippen molar-refractivity contribution in [1.82, 2.24) is 14.5 Å². The molecule has 0 N–H and O–H groups in total. The summed E-state index contributed by atoms with van der Waals surface area (Å²) in [6, 6.07) is 26.1. The molecule has 6 nitrogen and oxygen atoms in total. The summed E-state index contributed by atoms with van der Waals surface area (Å²) in [5, 5.41) is 4.92. The zero-order valence-electron chi connectivity index (χ0n) is 25.0. The highest BCUT2D eigenvalue weighted by atomic mass is 79.9. The monoisotopic (exact) mass is 645 g/mol. The summed E-state index contributed by atoms with van der Waals surface area (Å²) in [5.41, 5.74) is 4.53. The van der Waals surface area contributed by atoms with Crippen molar-refractivity contribution in [3.8, 4) is 11.4 Å². The number of likely N-dealkylation sites (N-methyl/N-ethyl adjacent to an activating group) is 1. The number of carbonyl (C=O) groups excluding carboxylic acids is 1. The van der Waals surface area contributed by atoms with Crippen molar-refractivity contribution in [3.63, 3.8) is 0 Å². The summed E-state index contributed by atoms with van der Waals surface area (Å²) in [4.78, 5) is 22.6. The largest absolute Gasteiger partial charge is 1.00 e. The van der Waals surface area contributed by atoms with E-state index in [0.29, 0.717) is 11.0 Å². The van der Waals surface area contributed by atoms with Crippen molar-refractivity contribution < 1.29 is 26.3 Å². The number of anilines is 1. The van der Waals surface area contributed by atoms with Crippen molar-refractivity contribution in [2.24, 2.45) is 0 Å². The minimum Gasteiger partial charge on any atom is -1.00 e. The summed E-state index contributed by atoms with van der Waals surface area (Å²) >= 11 is 1.94. The lowest BCUT2D eigenvalue weighted by Crippen LogP contribution is -3.00. The van der Waals surface area contributed by atoms with Gasteiger partial charge in [-0.25, -0.2) is 4.98 Å². The second-order valence-electron chi connectivity index (χ2n) is 12.0. The summed E-state index contributed by atoms with van der Waals surface area (Å²) < 4.78 is 3.12. The van der Waals surface area contributed by atoms with Gasteiger partial charge < -0.3 is 35.8 Å². The Hall–Kier alpha value is -3.07. The fourth-order valence-electron chi connectivity index (χ4n) is 6.12. The first-order chi connectivity index (χ1) is 19.8. The Morgan fingerprint density at radius 2 is 1.48 bits per heavy atom. The van der Waals surface area contributed by atoms with Crippen LogP contribution in [0.5, 0.6) is 0 Å². The maximum Gasteiger partial charge on any atom is 0.277 e. The fraction of sp³-hybridized carbons (Fsp3) is 0.353. The number of halogens is 1. The number of thioether (sulfide) groups is 1. The van der Waals surface area contributed by atoms with Gasteiger partial charge in [0.05, 0.1) is 31.7 Å². The highest BCUT2D eigenvalue weighted by Crippen LogP contribution is 2.37. The maximum absolute atomic E-state index is 13.0. The Morgan fingerprint density at radius 1 is 0.881 bits per heavy atom. The molecule has 0 atom stereocenters. The number of aryl methyl sites for hydroxylation is 1. The zero-order chi connectivity index (χ0) is 28.6. The average Bonchev–Trinajstić information content (AvgIpc) is 3.37. The molecule has 1 saturated heterocycles. The number of imidazole rings is 1. The van der Waals surface area contributed by atoms with Gasteiger partial charge in [-0.15, -0.1) is 0 Å². The van der Waals surface area contributed by atoms with E-state index in [1.807, 2.05) is 16.7 Å². The van der Waals surface area contributed by atoms with Crippen LogP contribution in [0.3, 0.4) is 0 Å². The molecular formula is C34H40BrN5OS. The zero-order valence-corrected chi connectivity index (χ0v) is 27.4. The standard InChI is InChI=1S/C34H40N5OS.BrH/c1-36(2)26-16-14-25(15-17-26)34-35-32-29-12-7-5-10-27(29)28-11-6-8-13-30(28)33(32)38(34)18-9-21-39(3,4)24-31(40)37-19-22-41-23-20-37;/h5-8,10-17H,9,18-24H2,1-4H3;1H/q+1;/p-1. The maximum atomic E-state index is 13.0. The molecule has 1 fully saturated rings. The van der Waals surface area contributed by atoms with E-state index in [0.717, 1.165) is 61.0 Å². The number of hydrogen-bond donors (Lipinski definition) is 0.